The van der Waals surface area contributed by atoms with Gasteiger partial charge in [-0.1, -0.05) is 11.3 Å². The number of nitrogens with zero attached hydrogens (tertiary/aromatic N) is 4. The molecule has 0 aliphatic carbocycles. The van der Waals surface area contributed by atoms with E-state index in [1.54, 1.807) is 6.07 Å². The summed E-state index contributed by atoms with van der Waals surface area (Å²) in [6.45, 7) is 2.35. The number of carbonyl (C=O) groups excluding carboxylic acids is 1. The maximum Gasteiger partial charge on any atom is 0.231 e. The van der Waals surface area contributed by atoms with Crippen LogP contribution in [0.3, 0.4) is 0 Å². The summed E-state index contributed by atoms with van der Waals surface area (Å²) >= 11 is 1.46. The van der Waals surface area contributed by atoms with Crippen molar-refractivity contribution in [3.63, 3.8) is 0 Å². The van der Waals surface area contributed by atoms with Crippen LogP contribution < -0.4 is 4.90 Å². The van der Waals surface area contributed by atoms with Gasteiger partial charge in [0.25, 0.3) is 0 Å². The first kappa shape index (κ1) is 15.6. The van der Waals surface area contributed by atoms with Crippen LogP contribution in [0.15, 0.2) is 40.6 Å². The number of aromatic nitrogens is 1. The summed E-state index contributed by atoms with van der Waals surface area (Å²) in [6, 6.07) is 9.83. The second-order valence-corrected chi connectivity index (χ2v) is 7.86. The Bertz CT molecular complexity index is 1010. The Kier molecular flexibility index (Phi) is 3.78. The molecule has 2 aliphatic heterocycles. The molecule has 0 N–H and O–H groups in total. The first-order chi connectivity index (χ1) is 12.8. The summed E-state index contributed by atoms with van der Waals surface area (Å²) in [5.41, 5.74) is 6.68. The number of aryl methyl sites for hydroxylation is 2. The molecule has 5 rings (SSSR count). The quantitative estimate of drug-likeness (QED) is 0.474. The normalized spacial score (nSPS) is 16.2. The van der Waals surface area contributed by atoms with E-state index in [0.717, 1.165) is 35.0 Å². The standard InChI is InChI=1S/C20H18N4OS/c25-12-13-5-6-17-18(9-13)26-20(21-17)23-22-16-10-14-3-1-7-24-8-2-4-15(11-16)19(14)24/h5-6,9-12H,1-4,7-8H2/b23-22+. The van der Waals surface area contributed by atoms with E-state index >= 15 is 0 Å². The molecule has 0 bridgehead atoms. The largest absolute Gasteiger partial charge is 0.371 e. The molecule has 0 atom stereocenters. The number of anilines is 1. The first-order valence-corrected chi connectivity index (χ1v) is 9.80. The Morgan fingerprint density at radius 2 is 1.81 bits per heavy atom. The number of aldehydes is 1. The van der Waals surface area contributed by atoms with Crippen molar-refractivity contribution in [2.24, 2.45) is 10.2 Å². The molecular weight excluding hydrogens is 344 g/mol. The van der Waals surface area contributed by atoms with E-state index in [9.17, 15) is 4.79 Å². The lowest BCUT2D eigenvalue weighted by Crippen LogP contribution is -2.34. The van der Waals surface area contributed by atoms with Crippen LogP contribution >= 0.6 is 11.3 Å². The predicted octanol–water partition coefficient (Wildman–Crippen LogP) is 5.22. The van der Waals surface area contributed by atoms with Gasteiger partial charge in [0.1, 0.15) is 6.29 Å². The van der Waals surface area contributed by atoms with Gasteiger partial charge in [-0.05, 0) is 67.1 Å². The summed E-state index contributed by atoms with van der Waals surface area (Å²) in [7, 11) is 0. The molecule has 0 spiro atoms. The second kappa shape index (κ2) is 6.29. The Hall–Kier alpha value is -2.60. The van der Waals surface area contributed by atoms with Crippen LogP contribution in [0.4, 0.5) is 16.5 Å². The Balaban J connectivity index is 1.48. The van der Waals surface area contributed by atoms with E-state index in [0.29, 0.717) is 10.7 Å². The topological polar surface area (TPSA) is 57.9 Å². The summed E-state index contributed by atoms with van der Waals surface area (Å²) in [5, 5.41) is 9.45. The van der Waals surface area contributed by atoms with Crippen molar-refractivity contribution in [3.05, 3.63) is 47.0 Å². The molecule has 0 fully saturated rings. The van der Waals surface area contributed by atoms with Crippen molar-refractivity contribution in [1.82, 2.24) is 4.98 Å². The molecule has 2 aliphatic rings. The number of hydrogen-bond donors (Lipinski definition) is 0. The minimum atomic E-state index is 0.621. The monoisotopic (exact) mass is 362 g/mol. The molecule has 3 aromatic rings. The number of azo groups is 1. The zero-order valence-electron chi connectivity index (χ0n) is 14.3. The van der Waals surface area contributed by atoms with E-state index in [4.69, 9.17) is 0 Å². The van der Waals surface area contributed by atoms with Crippen molar-refractivity contribution in [3.8, 4) is 0 Å². The number of rotatable bonds is 3. The zero-order chi connectivity index (χ0) is 17.5. The molecule has 0 radical (unpaired) electrons. The van der Waals surface area contributed by atoms with Crippen molar-refractivity contribution in [2.45, 2.75) is 25.7 Å². The molecule has 26 heavy (non-hydrogen) atoms. The van der Waals surface area contributed by atoms with E-state index in [-0.39, 0.29) is 0 Å². The summed E-state index contributed by atoms with van der Waals surface area (Å²) in [6.07, 6.45) is 5.52. The third-order valence-corrected chi connectivity index (χ3v) is 6.01. The smallest absolute Gasteiger partial charge is 0.231 e. The van der Waals surface area contributed by atoms with Gasteiger partial charge in [0.05, 0.1) is 15.9 Å². The lowest BCUT2D eigenvalue weighted by Gasteiger charge is -2.36. The van der Waals surface area contributed by atoms with Gasteiger partial charge in [-0.25, -0.2) is 4.98 Å². The van der Waals surface area contributed by atoms with Gasteiger partial charge >= 0.3 is 0 Å². The van der Waals surface area contributed by atoms with Crippen molar-refractivity contribution >= 4 is 44.3 Å². The van der Waals surface area contributed by atoms with Gasteiger partial charge < -0.3 is 4.90 Å². The van der Waals surface area contributed by atoms with E-state index in [1.165, 1.54) is 54.1 Å². The van der Waals surface area contributed by atoms with E-state index in [1.807, 2.05) is 12.1 Å². The molecule has 0 saturated carbocycles. The lowest BCUT2D eigenvalue weighted by atomic mass is 9.91. The van der Waals surface area contributed by atoms with Gasteiger partial charge in [0, 0.05) is 24.3 Å². The highest BCUT2D eigenvalue weighted by Crippen LogP contribution is 2.38. The maximum absolute atomic E-state index is 10.9. The third-order valence-electron chi connectivity index (χ3n) is 5.11. The summed E-state index contributed by atoms with van der Waals surface area (Å²) in [4.78, 5) is 17.9. The van der Waals surface area contributed by atoms with Gasteiger partial charge in [-0.3, -0.25) is 4.79 Å². The summed E-state index contributed by atoms with van der Waals surface area (Å²) < 4.78 is 0.958. The van der Waals surface area contributed by atoms with Crippen molar-refractivity contribution in [1.29, 1.82) is 0 Å². The highest BCUT2D eigenvalue weighted by molar-refractivity contribution is 7.21. The second-order valence-electron chi connectivity index (χ2n) is 6.85. The fraction of sp³-hybridized carbons (Fsp3) is 0.300. The molecule has 2 aromatic carbocycles. The highest BCUT2D eigenvalue weighted by atomic mass is 32.1. The van der Waals surface area contributed by atoms with Crippen LogP contribution in [0.5, 0.6) is 0 Å². The molecule has 3 heterocycles. The number of carbonyl (C=O) groups is 1. The van der Waals surface area contributed by atoms with Gasteiger partial charge in [0.15, 0.2) is 0 Å². The highest BCUT2D eigenvalue weighted by Gasteiger charge is 2.24. The van der Waals surface area contributed by atoms with Crippen LogP contribution in [0.1, 0.15) is 34.3 Å². The summed E-state index contributed by atoms with van der Waals surface area (Å²) in [5.74, 6) is 0. The minimum absolute atomic E-state index is 0.621. The van der Waals surface area contributed by atoms with Crippen LogP contribution in [0.2, 0.25) is 0 Å². The minimum Gasteiger partial charge on any atom is -0.371 e. The first-order valence-electron chi connectivity index (χ1n) is 8.98. The molecule has 1 aromatic heterocycles. The van der Waals surface area contributed by atoms with Crippen LogP contribution in [-0.4, -0.2) is 24.4 Å². The number of benzene rings is 2. The fourth-order valence-electron chi connectivity index (χ4n) is 3.99. The fourth-order valence-corrected chi connectivity index (χ4v) is 4.82. The maximum atomic E-state index is 10.9. The predicted molar refractivity (Wildman–Crippen MR) is 104 cm³/mol. The molecular formula is C20H18N4OS. The van der Waals surface area contributed by atoms with Crippen LogP contribution in [0.25, 0.3) is 10.2 Å². The van der Waals surface area contributed by atoms with Gasteiger partial charge in [-0.2, -0.15) is 0 Å². The number of thiazole rings is 1. The van der Waals surface area contributed by atoms with E-state index in [2.05, 4.69) is 32.2 Å². The Morgan fingerprint density at radius 1 is 1.04 bits per heavy atom. The Morgan fingerprint density at radius 3 is 2.54 bits per heavy atom. The molecule has 0 amide bonds. The molecule has 0 unspecified atom stereocenters. The Labute approximate surface area is 155 Å². The van der Waals surface area contributed by atoms with Gasteiger partial charge in [0.2, 0.25) is 5.13 Å². The molecule has 0 saturated heterocycles. The molecule has 5 nitrogen and oxygen atoms in total. The molecule has 130 valence electrons. The third kappa shape index (κ3) is 2.70. The van der Waals surface area contributed by atoms with Crippen LogP contribution in [0, 0.1) is 0 Å². The van der Waals surface area contributed by atoms with Gasteiger partial charge in [-0.15, -0.1) is 10.2 Å². The van der Waals surface area contributed by atoms with Crippen LogP contribution in [-0.2, 0) is 12.8 Å². The zero-order valence-corrected chi connectivity index (χ0v) is 15.1. The average Bonchev–Trinajstić information content (AvgIpc) is 3.09. The molecule has 6 heteroatoms. The van der Waals surface area contributed by atoms with Crippen molar-refractivity contribution < 1.29 is 4.79 Å². The SMILES string of the molecule is O=Cc1ccc2nc(/N=N/c3cc4c5c(c3)CCCN5CCC4)sc2c1. The number of hydrogen-bond acceptors (Lipinski definition) is 6. The lowest BCUT2D eigenvalue weighted by molar-refractivity contribution is 0.112. The van der Waals surface area contributed by atoms with Crippen molar-refractivity contribution in [2.75, 3.05) is 18.0 Å². The number of fused-ring (bicyclic) bond motifs is 1. The average molecular weight is 362 g/mol. The van der Waals surface area contributed by atoms with E-state index < -0.39 is 0 Å².